The number of nitriles is 1. The Bertz CT molecular complexity index is 659. The lowest BCUT2D eigenvalue weighted by Crippen LogP contribution is -2.52. The van der Waals surface area contributed by atoms with Gasteiger partial charge in [0.1, 0.15) is 0 Å². The van der Waals surface area contributed by atoms with Gasteiger partial charge in [0.25, 0.3) is 0 Å². The van der Waals surface area contributed by atoms with Crippen LogP contribution in [-0.2, 0) is 4.79 Å². The number of piperidine rings is 1. The van der Waals surface area contributed by atoms with Crippen LogP contribution < -0.4 is 4.90 Å². The number of amides is 1. The zero-order valence-corrected chi connectivity index (χ0v) is 14.7. The van der Waals surface area contributed by atoms with Crippen molar-refractivity contribution in [1.29, 1.82) is 5.26 Å². The third kappa shape index (κ3) is 3.29. The Balaban J connectivity index is 1.42. The monoisotopic (exact) mass is 338 g/mol. The first-order valence-corrected chi connectivity index (χ1v) is 9.56. The summed E-state index contributed by atoms with van der Waals surface area (Å²) in [4.78, 5) is 19.9. The predicted molar refractivity (Wildman–Crippen MR) is 97.3 cm³/mol. The van der Waals surface area contributed by atoms with Crippen LogP contribution in [0.15, 0.2) is 24.3 Å². The van der Waals surface area contributed by atoms with Gasteiger partial charge in [-0.25, -0.2) is 0 Å². The molecule has 3 aliphatic heterocycles. The molecule has 132 valence electrons. The van der Waals surface area contributed by atoms with E-state index in [9.17, 15) is 4.79 Å². The van der Waals surface area contributed by atoms with Gasteiger partial charge in [-0.3, -0.25) is 14.6 Å². The molecule has 1 aromatic carbocycles. The quantitative estimate of drug-likeness (QED) is 0.848. The molecule has 0 spiro atoms. The van der Waals surface area contributed by atoms with Gasteiger partial charge in [-0.2, -0.15) is 5.26 Å². The van der Waals surface area contributed by atoms with Gasteiger partial charge in [0.05, 0.1) is 17.7 Å². The number of carbonyl (C=O) groups is 1. The van der Waals surface area contributed by atoms with Gasteiger partial charge in [0.15, 0.2) is 0 Å². The smallest absolute Gasteiger partial charge is 0.244 e. The van der Waals surface area contributed by atoms with E-state index in [1.165, 1.54) is 38.8 Å². The molecule has 1 aromatic rings. The van der Waals surface area contributed by atoms with Gasteiger partial charge in [0, 0.05) is 24.8 Å². The number of likely N-dealkylation sites (tertiary alicyclic amines) is 2. The molecule has 3 fully saturated rings. The minimum atomic E-state index is 0.0287. The fourth-order valence-electron chi connectivity index (χ4n) is 4.65. The van der Waals surface area contributed by atoms with Crippen LogP contribution in [-0.4, -0.2) is 60.5 Å². The highest BCUT2D eigenvalue weighted by Gasteiger charge is 2.39. The molecule has 0 radical (unpaired) electrons. The van der Waals surface area contributed by atoms with Gasteiger partial charge < -0.3 is 4.90 Å². The van der Waals surface area contributed by atoms with E-state index in [-0.39, 0.29) is 11.9 Å². The van der Waals surface area contributed by atoms with Gasteiger partial charge in [-0.15, -0.1) is 0 Å². The summed E-state index contributed by atoms with van der Waals surface area (Å²) in [7, 11) is 0. The predicted octanol–water partition coefficient (Wildman–Crippen LogP) is 2.22. The van der Waals surface area contributed by atoms with Crippen molar-refractivity contribution in [2.24, 2.45) is 0 Å². The van der Waals surface area contributed by atoms with Gasteiger partial charge in [0.2, 0.25) is 5.91 Å². The van der Waals surface area contributed by atoms with Crippen LogP contribution in [0.25, 0.3) is 0 Å². The Hall–Kier alpha value is -1.90. The minimum absolute atomic E-state index is 0.0287. The van der Waals surface area contributed by atoms with Crippen LogP contribution in [0.2, 0.25) is 0 Å². The second-order valence-electron chi connectivity index (χ2n) is 7.49. The van der Waals surface area contributed by atoms with Crippen LogP contribution in [0.5, 0.6) is 0 Å². The van der Waals surface area contributed by atoms with Crippen molar-refractivity contribution >= 4 is 11.6 Å². The molecule has 0 aliphatic carbocycles. The average Bonchev–Trinajstić information content (AvgIpc) is 3.32. The molecule has 25 heavy (non-hydrogen) atoms. The zero-order valence-electron chi connectivity index (χ0n) is 14.7. The second-order valence-corrected chi connectivity index (χ2v) is 7.49. The standard InChI is InChI=1S/C20H26N4O/c21-14-16-5-7-17(8-6-16)24-13-9-19(20(24)25)23-12-3-4-18(15-23)22-10-1-2-11-22/h5-8,18-19H,1-4,9-13,15H2/t18-,19+/m0/s1. The average molecular weight is 338 g/mol. The summed E-state index contributed by atoms with van der Waals surface area (Å²) in [6, 6.07) is 10.2. The van der Waals surface area contributed by atoms with Crippen molar-refractivity contribution in [2.75, 3.05) is 37.6 Å². The third-order valence-corrected chi connectivity index (χ3v) is 6.01. The molecule has 0 saturated carbocycles. The first-order valence-electron chi connectivity index (χ1n) is 9.56. The highest BCUT2D eigenvalue weighted by molar-refractivity contribution is 5.99. The number of carbonyl (C=O) groups excluding carboxylic acids is 1. The van der Waals surface area contributed by atoms with Crippen LogP contribution in [0.3, 0.4) is 0 Å². The number of benzene rings is 1. The van der Waals surface area contributed by atoms with Gasteiger partial charge in [-0.1, -0.05) is 0 Å². The van der Waals surface area contributed by atoms with E-state index in [4.69, 9.17) is 5.26 Å². The van der Waals surface area contributed by atoms with E-state index in [2.05, 4.69) is 15.9 Å². The lowest BCUT2D eigenvalue weighted by Gasteiger charge is -2.39. The van der Waals surface area contributed by atoms with E-state index >= 15 is 0 Å². The van der Waals surface area contributed by atoms with Crippen LogP contribution in [0.4, 0.5) is 5.69 Å². The molecule has 4 rings (SSSR count). The molecule has 0 aromatic heterocycles. The fraction of sp³-hybridized carbons (Fsp3) is 0.600. The summed E-state index contributed by atoms with van der Waals surface area (Å²) in [6.45, 7) is 5.32. The van der Waals surface area contributed by atoms with E-state index in [1.807, 2.05) is 17.0 Å². The van der Waals surface area contributed by atoms with Crippen LogP contribution >= 0.6 is 0 Å². The zero-order chi connectivity index (χ0) is 17.2. The molecular formula is C20H26N4O. The molecule has 3 aliphatic rings. The van der Waals surface area contributed by atoms with Crippen molar-refractivity contribution < 1.29 is 4.79 Å². The molecule has 3 heterocycles. The maximum Gasteiger partial charge on any atom is 0.244 e. The Morgan fingerprint density at radius 2 is 1.64 bits per heavy atom. The lowest BCUT2D eigenvalue weighted by atomic mass is 10.0. The maximum absolute atomic E-state index is 13.0. The lowest BCUT2D eigenvalue weighted by molar-refractivity contribution is -0.122. The Kier molecular flexibility index (Phi) is 4.74. The topological polar surface area (TPSA) is 50.6 Å². The van der Waals surface area contributed by atoms with E-state index in [0.29, 0.717) is 11.6 Å². The minimum Gasteiger partial charge on any atom is -0.311 e. The van der Waals surface area contributed by atoms with E-state index in [0.717, 1.165) is 31.7 Å². The van der Waals surface area contributed by atoms with Gasteiger partial charge in [-0.05, 0) is 76.0 Å². The maximum atomic E-state index is 13.0. The Labute approximate surface area is 149 Å². The molecule has 5 heteroatoms. The summed E-state index contributed by atoms with van der Waals surface area (Å²) in [5.74, 6) is 0.228. The van der Waals surface area contributed by atoms with Crippen molar-refractivity contribution in [1.82, 2.24) is 9.80 Å². The molecule has 5 nitrogen and oxygen atoms in total. The molecular weight excluding hydrogens is 312 g/mol. The molecule has 1 amide bonds. The van der Waals surface area contributed by atoms with Crippen molar-refractivity contribution in [2.45, 2.75) is 44.2 Å². The number of hydrogen-bond acceptors (Lipinski definition) is 4. The van der Waals surface area contributed by atoms with Crippen molar-refractivity contribution in [3.05, 3.63) is 29.8 Å². The summed E-state index contributed by atoms with van der Waals surface area (Å²) in [5.41, 5.74) is 1.55. The highest BCUT2D eigenvalue weighted by atomic mass is 16.2. The van der Waals surface area contributed by atoms with Gasteiger partial charge >= 0.3 is 0 Å². The number of nitrogens with zero attached hydrogens (tertiary/aromatic N) is 4. The molecule has 0 bridgehead atoms. The normalized spacial score (nSPS) is 28.4. The largest absolute Gasteiger partial charge is 0.311 e. The SMILES string of the molecule is N#Cc1ccc(N2CC[C@@H](N3CCC[C@H](N4CCCC4)C3)C2=O)cc1. The van der Waals surface area contributed by atoms with Crippen molar-refractivity contribution in [3.8, 4) is 6.07 Å². The third-order valence-electron chi connectivity index (χ3n) is 6.01. The van der Waals surface area contributed by atoms with Crippen LogP contribution in [0.1, 0.15) is 37.7 Å². The van der Waals surface area contributed by atoms with E-state index < -0.39 is 0 Å². The first kappa shape index (κ1) is 16.6. The fourth-order valence-corrected chi connectivity index (χ4v) is 4.65. The van der Waals surface area contributed by atoms with Crippen molar-refractivity contribution in [3.63, 3.8) is 0 Å². The summed E-state index contributed by atoms with van der Waals surface area (Å²) in [6.07, 6.45) is 6.03. The van der Waals surface area contributed by atoms with E-state index in [1.54, 1.807) is 12.1 Å². The second kappa shape index (κ2) is 7.15. The summed E-state index contributed by atoms with van der Waals surface area (Å²) >= 11 is 0. The summed E-state index contributed by atoms with van der Waals surface area (Å²) < 4.78 is 0. The molecule has 2 atom stereocenters. The Morgan fingerprint density at radius 1 is 0.920 bits per heavy atom. The first-order chi connectivity index (χ1) is 12.3. The molecule has 0 unspecified atom stereocenters. The highest BCUT2D eigenvalue weighted by Crippen LogP contribution is 2.28. The number of anilines is 1. The van der Waals surface area contributed by atoms with Crippen LogP contribution in [0, 0.1) is 11.3 Å². The molecule has 3 saturated heterocycles. The Morgan fingerprint density at radius 3 is 2.36 bits per heavy atom. The molecule has 0 N–H and O–H groups in total. The number of rotatable bonds is 3. The summed E-state index contributed by atoms with van der Waals surface area (Å²) in [5, 5.41) is 8.93. The number of hydrogen-bond donors (Lipinski definition) is 0.